The molecule has 160 valence electrons. The Morgan fingerprint density at radius 1 is 0.444 bits per heavy atom. The Hall–Kier alpha value is -0.860. The molecule has 0 radical (unpaired) electrons. The molecule has 0 atom stereocenters. The first-order valence-electron chi connectivity index (χ1n) is 11.8. The van der Waals surface area contributed by atoms with Crippen LogP contribution in [0.4, 0.5) is 0 Å². The fourth-order valence-electron chi connectivity index (χ4n) is 3.66. The molecular formula is C24H46O3. The summed E-state index contributed by atoms with van der Waals surface area (Å²) in [6.07, 6.45) is 25.7. The Kier molecular flexibility index (Phi) is 20.8. The third kappa shape index (κ3) is 25.1. The van der Waals surface area contributed by atoms with Gasteiger partial charge in [-0.15, -0.1) is 0 Å². The van der Waals surface area contributed by atoms with Gasteiger partial charge in [-0.2, -0.15) is 0 Å². The summed E-state index contributed by atoms with van der Waals surface area (Å²) in [5, 5.41) is 8.57. The summed E-state index contributed by atoms with van der Waals surface area (Å²) in [7, 11) is 0. The van der Waals surface area contributed by atoms with Crippen LogP contribution in [0.2, 0.25) is 0 Å². The van der Waals surface area contributed by atoms with Gasteiger partial charge in [0.1, 0.15) is 5.78 Å². The number of carboxylic acids is 1. The van der Waals surface area contributed by atoms with E-state index in [0.29, 0.717) is 12.2 Å². The number of carboxylic acid groups (broad SMARTS) is 1. The molecule has 0 aromatic carbocycles. The lowest BCUT2D eigenvalue weighted by Crippen LogP contribution is -1.93. The largest absolute Gasteiger partial charge is 0.481 e. The van der Waals surface area contributed by atoms with E-state index >= 15 is 0 Å². The standard InChI is InChI=1S/C24H46O3/c1-23(25)21-19-17-15-13-11-9-7-5-3-2-4-6-8-10-12-14-16-18-20-22-24(26)27/h2-22H2,1H3,(H,26,27). The summed E-state index contributed by atoms with van der Waals surface area (Å²) in [5.41, 5.74) is 0. The highest BCUT2D eigenvalue weighted by Gasteiger charge is 1.98. The van der Waals surface area contributed by atoms with Crippen molar-refractivity contribution < 1.29 is 14.7 Å². The van der Waals surface area contributed by atoms with Crippen LogP contribution >= 0.6 is 0 Å². The number of hydrogen-bond acceptors (Lipinski definition) is 2. The molecule has 0 rings (SSSR count). The predicted molar refractivity (Wildman–Crippen MR) is 115 cm³/mol. The molecule has 0 spiro atoms. The number of unbranched alkanes of at least 4 members (excludes halogenated alkanes) is 18. The van der Waals surface area contributed by atoms with E-state index in [1.165, 1.54) is 103 Å². The van der Waals surface area contributed by atoms with E-state index in [0.717, 1.165) is 25.7 Å². The molecule has 0 saturated heterocycles. The predicted octanol–water partition coefficient (Wildman–Crippen LogP) is 7.85. The Balaban J connectivity index is 3.01. The van der Waals surface area contributed by atoms with Gasteiger partial charge in [-0.3, -0.25) is 4.79 Å². The average molecular weight is 383 g/mol. The first kappa shape index (κ1) is 26.1. The monoisotopic (exact) mass is 382 g/mol. The zero-order valence-electron chi connectivity index (χ0n) is 18.1. The van der Waals surface area contributed by atoms with E-state index < -0.39 is 5.97 Å². The maximum Gasteiger partial charge on any atom is 0.303 e. The topological polar surface area (TPSA) is 54.4 Å². The maximum atomic E-state index is 10.8. The molecule has 0 aliphatic heterocycles. The number of aliphatic carboxylic acids is 1. The Labute approximate surface area is 168 Å². The second-order valence-corrected chi connectivity index (χ2v) is 8.31. The van der Waals surface area contributed by atoms with Gasteiger partial charge in [-0.05, 0) is 19.8 Å². The van der Waals surface area contributed by atoms with Crippen molar-refractivity contribution in [2.45, 2.75) is 142 Å². The second-order valence-electron chi connectivity index (χ2n) is 8.31. The van der Waals surface area contributed by atoms with E-state index in [1.807, 2.05) is 0 Å². The Bertz CT molecular complexity index is 307. The SMILES string of the molecule is CC(=O)CCCCCCCCCCCCCCCCCCCCCC(=O)O. The summed E-state index contributed by atoms with van der Waals surface area (Å²) in [6.45, 7) is 1.69. The lowest BCUT2D eigenvalue weighted by atomic mass is 10.0. The van der Waals surface area contributed by atoms with E-state index in [-0.39, 0.29) is 0 Å². The average Bonchev–Trinajstić information content (AvgIpc) is 2.62. The highest BCUT2D eigenvalue weighted by atomic mass is 16.4. The molecule has 0 aromatic heterocycles. The summed E-state index contributed by atoms with van der Waals surface area (Å²) in [6, 6.07) is 0. The van der Waals surface area contributed by atoms with E-state index in [4.69, 9.17) is 5.11 Å². The fraction of sp³-hybridized carbons (Fsp3) is 0.917. The van der Waals surface area contributed by atoms with E-state index in [9.17, 15) is 9.59 Å². The molecule has 3 nitrogen and oxygen atoms in total. The minimum atomic E-state index is -0.660. The zero-order chi connectivity index (χ0) is 20.0. The Morgan fingerprint density at radius 3 is 0.889 bits per heavy atom. The number of hydrogen-bond donors (Lipinski definition) is 1. The molecule has 27 heavy (non-hydrogen) atoms. The molecular weight excluding hydrogens is 336 g/mol. The van der Waals surface area contributed by atoms with Crippen molar-refractivity contribution in [2.75, 3.05) is 0 Å². The highest BCUT2D eigenvalue weighted by molar-refractivity contribution is 5.75. The van der Waals surface area contributed by atoms with Crippen LogP contribution in [0.5, 0.6) is 0 Å². The fourth-order valence-corrected chi connectivity index (χ4v) is 3.66. The highest BCUT2D eigenvalue weighted by Crippen LogP contribution is 2.15. The summed E-state index contributed by atoms with van der Waals surface area (Å²) < 4.78 is 0. The maximum absolute atomic E-state index is 10.8. The Morgan fingerprint density at radius 2 is 0.667 bits per heavy atom. The quantitative estimate of drug-likeness (QED) is 0.194. The molecule has 0 aliphatic rings. The van der Waals surface area contributed by atoms with Gasteiger partial charge in [0.2, 0.25) is 0 Å². The molecule has 0 heterocycles. The van der Waals surface area contributed by atoms with Crippen molar-refractivity contribution in [1.82, 2.24) is 0 Å². The van der Waals surface area contributed by atoms with Crippen molar-refractivity contribution in [2.24, 2.45) is 0 Å². The molecule has 1 N–H and O–H groups in total. The third-order valence-corrected chi connectivity index (χ3v) is 5.42. The molecule has 0 unspecified atom stereocenters. The first-order chi connectivity index (χ1) is 13.1. The molecule has 0 saturated carbocycles. The van der Waals surface area contributed by atoms with Gasteiger partial charge in [0.15, 0.2) is 0 Å². The minimum Gasteiger partial charge on any atom is -0.481 e. The van der Waals surface area contributed by atoms with Gasteiger partial charge >= 0.3 is 5.97 Å². The van der Waals surface area contributed by atoms with Crippen LogP contribution in [0.25, 0.3) is 0 Å². The van der Waals surface area contributed by atoms with Gasteiger partial charge in [0.25, 0.3) is 0 Å². The number of carbonyl (C=O) groups is 2. The molecule has 3 heteroatoms. The van der Waals surface area contributed by atoms with Crippen molar-refractivity contribution >= 4 is 11.8 Å². The van der Waals surface area contributed by atoms with Crippen LogP contribution in [0.15, 0.2) is 0 Å². The molecule has 0 fully saturated rings. The number of rotatable bonds is 22. The van der Waals surface area contributed by atoms with Gasteiger partial charge in [0.05, 0.1) is 0 Å². The van der Waals surface area contributed by atoms with Crippen LogP contribution in [-0.2, 0) is 9.59 Å². The molecule has 0 aromatic rings. The van der Waals surface area contributed by atoms with Crippen molar-refractivity contribution in [3.05, 3.63) is 0 Å². The summed E-state index contributed by atoms with van der Waals surface area (Å²) >= 11 is 0. The van der Waals surface area contributed by atoms with Gasteiger partial charge in [-0.1, -0.05) is 109 Å². The van der Waals surface area contributed by atoms with Gasteiger partial charge in [-0.25, -0.2) is 0 Å². The van der Waals surface area contributed by atoms with Crippen LogP contribution in [0, 0.1) is 0 Å². The minimum absolute atomic E-state index is 0.333. The normalized spacial score (nSPS) is 11.0. The van der Waals surface area contributed by atoms with Gasteiger partial charge < -0.3 is 9.90 Å². The summed E-state index contributed by atoms with van der Waals surface area (Å²) in [5.74, 6) is -0.326. The summed E-state index contributed by atoms with van der Waals surface area (Å²) in [4.78, 5) is 21.2. The molecule has 0 aliphatic carbocycles. The van der Waals surface area contributed by atoms with Crippen LogP contribution in [0.3, 0.4) is 0 Å². The number of carbonyl (C=O) groups excluding carboxylic acids is 1. The zero-order valence-corrected chi connectivity index (χ0v) is 18.1. The van der Waals surface area contributed by atoms with Crippen molar-refractivity contribution in [3.63, 3.8) is 0 Å². The van der Waals surface area contributed by atoms with Crippen molar-refractivity contribution in [3.8, 4) is 0 Å². The second kappa shape index (κ2) is 21.4. The van der Waals surface area contributed by atoms with Crippen LogP contribution in [0.1, 0.15) is 142 Å². The smallest absolute Gasteiger partial charge is 0.303 e. The third-order valence-electron chi connectivity index (χ3n) is 5.42. The van der Waals surface area contributed by atoms with E-state index in [2.05, 4.69) is 0 Å². The number of Topliss-reactive ketones (excluding diaryl/α,β-unsaturated/α-hetero) is 1. The van der Waals surface area contributed by atoms with Gasteiger partial charge in [0, 0.05) is 12.8 Å². The first-order valence-corrected chi connectivity index (χ1v) is 11.8. The lowest BCUT2D eigenvalue weighted by Gasteiger charge is -2.04. The molecule has 0 bridgehead atoms. The molecule has 0 amide bonds. The van der Waals surface area contributed by atoms with Crippen LogP contribution < -0.4 is 0 Å². The lowest BCUT2D eigenvalue weighted by molar-refractivity contribution is -0.137. The number of ketones is 1. The van der Waals surface area contributed by atoms with E-state index in [1.54, 1.807) is 6.92 Å². The van der Waals surface area contributed by atoms with Crippen LogP contribution in [-0.4, -0.2) is 16.9 Å². The van der Waals surface area contributed by atoms with Crippen molar-refractivity contribution in [1.29, 1.82) is 0 Å².